The molecule has 0 heterocycles. The van der Waals surface area contributed by atoms with Crippen LogP contribution in [0.25, 0.3) is 5.57 Å². The van der Waals surface area contributed by atoms with Crippen LogP contribution in [0.5, 0.6) is 5.75 Å². The summed E-state index contributed by atoms with van der Waals surface area (Å²) in [5.74, 6) is 0.107. The molecule has 0 bridgehead atoms. The van der Waals surface area contributed by atoms with E-state index in [0.717, 1.165) is 49.2 Å². The molecule has 0 amide bonds. The van der Waals surface area contributed by atoms with E-state index in [0.29, 0.717) is 0 Å². The van der Waals surface area contributed by atoms with Gasteiger partial charge in [0, 0.05) is 0 Å². The van der Waals surface area contributed by atoms with Gasteiger partial charge in [0.15, 0.2) is 0 Å². The van der Waals surface area contributed by atoms with Crippen molar-refractivity contribution in [2.24, 2.45) is 0 Å². The highest BCUT2D eigenvalue weighted by Crippen LogP contribution is 2.28. The first-order valence-corrected chi connectivity index (χ1v) is 7.79. The molecule has 1 N–H and O–H groups in total. The summed E-state index contributed by atoms with van der Waals surface area (Å²) in [5, 5.41) is 8.88. The van der Waals surface area contributed by atoms with Crippen LogP contribution in [0.2, 0.25) is 0 Å². The van der Waals surface area contributed by atoms with E-state index >= 15 is 0 Å². The molecule has 3 heteroatoms. The number of hydrogen-bond donors (Lipinski definition) is 1. The zero-order valence-corrected chi connectivity index (χ0v) is 13.3. The summed E-state index contributed by atoms with van der Waals surface area (Å²) in [4.78, 5) is 10.8. The monoisotopic (exact) mass is 290 g/mol. The Morgan fingerprint density at radius 2 is 2.00 bits per heavy atom. The van der Waals surface area contributed by atoms with Crippen molar-refractivity contribution >= 4 is 11.5 Å². The highest BCUT2D eigenvalue weighted by atomic mass is 16.5. The fraction of sp³-hybridized carbons (Fsp3) is 0.500. The summed E-state index contributed by atoms with van der Waals surface area (Å²) in [6.45, 7) is 7.03. The summed E-state index contributed by atoms with van der Waals surface area (Å²) in [5.41, 5.74) is 3.50. The van der Waals surface area contributed by atoms with Crippen LogP contribution in [0.15, 0.2) is 24.3 Å². The molecule has 116 valence electrons. The van der Waals surface area contributed by atoms with Gasteiger partial charge in [-0.2, -0.15) is 0 Å². The van der Waals surface area contributed by atoms with Crippen molar-refractivity contribution in [3.63, 3.8) is 0 Å². The largest absolute Gasteiger partial charge is 0.494 e. The van der Waals surface area contributed by atoms with Gasteiger partial charge in [-0.1, -0.05) is 39.3 Å². The molecule has 0 fully saturated rings. The lowest BCUT2D eigenvalue weighted by Crippen LogP contribution is -1.99. The second-order valence-corrected chi connectivity index (χ2v) is 5.10. The molecule has 1 aromatic rings. The average molecular weight is 290 g/mol. The first kappa shape index (κ1) is 17.3. The summed E-state index contributed by atoms with van der Waals surface area (Å²) >= 11 is 0. The maximum absolute atomic E-state index is 10.8. The van der Waals surface area contributed by atoms with Crippen LogP contribution >= 0.6 is 0 Å². The molecule has 0 saturated carbocycles. The van der Waals surface area contributed by atoms with E-state index in [2.05, 4.69) is 32.9 Å². The van der Waals surface area contributed by atoms with Crippen LogP contribution in [-0.2, 0) is 11.2 Å². The Hall–Kier alpha value is -1.77. The minimum atomic E-state index is -0.787. The molecule has 0 saturated heterocycles. The summed E-state index contributed by atoms with van der Waals surface area (Å²) in [7, 11) is 0. The summed E-state index contributed by atoms with van der Waals surface area (Å²) < 4.78 is 5.68. The number of benzene rings is 1. The molecule has 0 aromatic heterocycles. The Balaban J connectivity index is 3.06. The minimum Gasteiger partial charge on any atom is -0.494 e. The molecule has 0 spiro atoms. The van der Waals surface area contributed by atoms with Gasteiger partial charge in [-0.3, -0.25) is 4.79 Å². The second-order valence-electron chi connectivity index (χ2n) is 5.10. The van der Waals surface area contributed by atoms with Gasteiger partial charge in [-0.25, -0.2) is 0 Å². The minimum absolute atomic E-state index is 0.0760. The normalized spacial score (nSPS) is 11.5. The molecule has 1 rings (SSSR count). The number of aryl methyl sites for hydroxylation is 1. The van der Waals surface area contributed by atoms with Crippen molar-refractivity contribution in [3.05, 3.63) is 35.4 Å². The van der Waals surface area contributed by atoms with E-state index in [4.69, 9.17) is 9.84 Å². The van der Waals surface area contributed by atoms with Crippen LogP contribution in [0.4, 0.5) is 0 Å². The Labute approximate surface area is 127 Å². The first-order valence-electron chi connectivity index (χ1n) is 7.79. The number of allylic oxidation sites excluding steroid dienone is 1. The fourth-order valence-electron chi connectivity index (χ4n) is 2.31. The molecule has 0 aliphatic rings. The van der Waals surface area contributed by atoms with Crippen LogP contribution in [0.3, 0.4) is 0 Å². The highest BCUT2D eigenvalue weighted by Gasteiger charge is 2.09. The Kier molecular flexibility index (Phi) is 7.59. The quantitative estimate of drug-likeness (QED) is 0.717. The first-order chi connectivity index (χ1) is 10.1. The number of ether oxygens (including phenoxy) is 1. The smallest absolute Gasteiger partial charge is 0.307 e. The zero-order valence-electron chi connectivity index (χ0n) is 13.3. The Morgan fingerprint density at radius 3 is 2.57 bits per heavy atom. The van der Waals surface area contributed by atoms with E-state index in [9.17, 15) is 4.79 Å². The maximum atomic E-state index is 10.8. The van der Waals surface area contributed by atoms with E-state index < -0.39 is 5.97 Å². The second kappa shape index (κ2) is 9.22. The van der Waals surface area contributed by atoms with Gasteiger partial charge in [0.05, 0.1) is 13.0 Å². The average Bonchev–Trinajstić information content (AvgIpc) is 2.49. The number of hydrogen-bond acceptors (Lipinski definition) is 2. The van der Waals surface area contributed by atoms with Gasteiger partial charge in [-0.05, 0) is 48.1 Å². The van der Waals surface area contributed by atoms with Crippen molar-refractivity contribution in [3.8, 4) is 5.75 Å². The molecule has 21 heavy (non-hydrogen) atoms. The molecule has 3 nitrogen and oxygen atoms in total. The topological polar surface area (TPSA) is 46.5 Å². The van der Waals surface area contributed by atoms with Crippen molar-refractivity contribution < 1.29 is 14.6 Å². The van der Waals surface area contributed by atoms with Gasteiger partial charge in [0.25, 0.3) is 0 Å². The molecule has 1 aromatic carbocycles. The summed E-state index contributed by atoms with van der Waals surface area (Å²) in [6.07, 6.45) is 5.72. The van der Waals surface area contributed by atoms with Gasteiger partial charge >= 0.3 is 5.97 Å². The van der Waals surface area contributed by atoms with Gasteiger partial charge in [0.1, 0.15) is 5.75 Å². The molecule has 0 unspecified atom stereocenters. The predicted octanol–water partition coefficient (Wildman–Crippen LogP) is 4.70. The number of carboxylic acid groups (broad SMARTS) is 1. The van der Waals surface area contributed by atoms with E-state index in [-0.39, 0.29) is 6.42 Å². The SMILES string of the molecule is CCCOc1ccc(/C(=C/CC(=O)O)CCC)c(CC)c1. The number of rotatable bonds is 9. The van der Waals surface area contributed by atoms with Gasteiger partial charge in [0.2, 0.25) is 0 Å². The fourth-order valence-corrected chi connectivity index (χ4v) is 2.31. The van der Waals surface area contributed by atoms with Crippen LogP contribution in [-0.4, -0.2) is 17.7 Å². The van der Waals surface area contributed by atoms with E-state index in [1.165, 1.54) is 5.56 Å². The van der Waals surface area contributed by atoms with Gasteiger partial charge < -0.3 is 9.84 Å². The lowest BCUT2D eigenvalue weighted by atomic mass is 9.94. The third-order valence-electron chi connectivity index (χ3n) is 3.32. The lowest BCUT2D eigenvalue weighted by Gasteiger charge is -2.14. The lowest BCUT2D eigenvalue weighted by molar-refractivity contribution is -0.135. The van der Waals surface area contributed by atoms with E-state index in [1.54, 1.807) is 0 Å². The van der Waals surface area contributed by atoms with Gasteiger partial charge in [-0.15, -0.1) is 0 Å². The third kappa shape index (κ3) is 5.62. The van der Waals surface area contributed by atoms with Crippen LogP contribution in [0, 0.1) is 0 Å². The van der Waals surface area contributed by atoms with Crippen molar-refractivity contribution in [1.82, 2.24) is 0 Å². The Morgan fingerprint density at radius 1 is 1.24 bits per heavy atom. The number of aliphatic carboxylic acids is 1. The molecule has 0 aliphatic carbocycles. The highest BCUT2D eigenvalue weighted by molar-refractivity contribution is 5.75. The predicted molar refractivity (Wildman–Crippen MR) is 86.7 cm³/mol. The molecule has 0 aliphatic heterocycles. The van der Waals surface area contributed by atoms with Crippen LogP contribution < -0.4 is 4.74 Å². The third-order valence-corrected chi connectivity index (χ3v) is 3.32. The number of carbonyl (C=O) groups is 1. The van der Waals surface area contributed by atoms with Crippen molar-refractivity contribution in [2.75, 3.05) is 6.61 Å². The van der Waals surface area contributed by atoms with Crippen molar-refractivity contribution in [2.45, 2.75) is 52.9 Å². The standard InChI is InChI=1S/C18H26O3/c1-4-7-15(8-11-18(19)20)17-10-9-16(21-12-5-2)13-14(17)6-3/h8-10,13H,4-7,11-12H2,1-3H3,(H,19,20)/b15-8+. The summed E-state index contributed by atoms with van der Waals surface area (Å²) in [6, 6.07) is 6.12. The maximum Gasteiger partial charge on any atom is 0.307 e. The van der Waals surface area contributed by atoms with Crippen LogP contribution in [0.1, 0.15) is 57.6 Å². The van der Waals surface area contributed by atoms with E-state index in [1.807, 2.05) is 12.1 Å². The molecular weight excluding hydrogens is 264 g/mol. The Bertz CT molecular complexity index is 489. The molecule has 0 radical (unpaired) electrons. The van der Waals surface area contributed by atoms with Crippen molar-refractivity contribution in [1.29, 1.82) is 0 Å². The zero-order chi connectivity index (χ0) is 15.7. The molecule has 0 atom stereocenters. The molecular formula is C18H26O3. The number of carboxylic acids is 1.